The molecule has 21 heavy (non-hydrogen) atoms. The van der Waals surface area contributed by atoms with Gasteiger partial charge in [0.25, 0.3) is 0 Å². The summed E-state index contributed by atoms with van der Waals surface area (Å²) in [6.07, 6.45) is 5.90. The van der Waals surface area contributed by atoms with Crippen molar-refractivity contribution >= 4 is 22.9 Å². The van der Waals surface area contributed by atoms with Gasteiger partial charge < -0.3 is 9.47 Å². The van der Waals surface area contributed by atoms with Crippen LogP contribution >= 0.6 is 0 Å². The van der Waals surface area contributed by atoms with E-state index in [1.165, 1.54) is 0 Å². The van der Waals surface area contributed by atoms with Crippen molar-refractivity contribution in [3.63, 3.8) is 0 Å². The van der Waals surface area contributed by atoms with Crippen molar-refractivity contribution < 1.29 is 14.3 Å². The molecule has 0 saturated heterocycles. The number of ether oxygens (including phenoxy) is 2. The van der Waals surface area contributed by atoms with Crippen LogP contribution in [0.15, 0.2) is 24.3 Å². The first-order valence-electron chi connectivity index (χ1n) is 7.09. The lowest BCUT2D eigenvalue weighted by Crippen LogP contribution is -2.13. The minimum absolute atomic E-state index is 0.346. The fourth-order valence-corrected chi connectivity index (χ4v) is 2.67. The van der Waals surface area contributed by atoms with Gasteiger partial charge in [-0.1, -0.05) is 12.2 Å². The lowest BCUT2D eigenvalue weighted by Gasteiger charge is -2.17. The SMILES string of the molecule is CCOC(=O)c1nc2ccc(OC)cc2c2c1CCC=C2. The summed E-state index contributed by atoms with van der Waals surface area (Å²) in [4.78, 5) is 16.7. The zero-order chi connectivity index (χ0) is 14.8. The number of pyridine rings is 1. The van der Waals surface area contributed by atoms with E-state index < -0.39 is 0 Å². The van der Waals surface area contributed by atoms with E-state index in [4.69, 9.17) is 9.47 Å². The average Bonchev–Trinajstić information content (AvgIpc) is 2.53. The molecular formula is C17H17NO3. The summed E-state index contributed by atoms with van der Waals surface area (Å²) < 4.78 is 10.4. The Morgan fingerprint density at radius 1 is 1.38 bits per heavy atom. The summed E-state index contributed by atoms with van der Waals surface area (Å²) in [5.74, 6) is 0.441. The van der Waals surface area contributed by atoms with Gasteiger partial charge >= 0.3 is 5.97 Å². The fourth-order valence-electron chi connectivity index (χ4n) is 2.67. The first-order chi connectivity index (χ1) is 10.2. The second kappa shape index (κ2) is 5.56. The largest absolute Gasteiger partial charge is 0.497 e. The molecule has 1 aliphatic rings. The quantitative estimate of drug-likeness (QED) is 0.810. The molecular weight excluding hydrogens is 266 g/mol. The van der Waals surface area contributed by atoms with Gasteiger partial charge in [-0.2, -0.15) is 0 Å². The summed E-state index contributed by atoms with van der Waals surface area (Å²) in [6, 6.07) is 5.69. The molecule has 3 rings (SSSR count). The van der Waals surface area contributed by atoms with Crippen LogP contribution in [0.4, 0.5) is 0 Å². The molecule has 0 N–H and O–H groups in total. The average molecular weight is 283 g/mol. The Kier molecular flexibility index (Phi) is 3.60. The number of nitrogens with zero attached hydrogens (tertiary/aromatic N) is 1. The number of aromatic nitrogens is 1. The summed E-state index contributed by atoms with van der Waals surface area (Å²) in [5.41, 5.74) is 3.24. The normalized spacial score (nSPS) is 13.0. The molecule has 1 aliphatic carbocycles. The predicted octanol–water partition coefficient (Wildman–Crippen LogP) is 3.38. The Morgan fingerprint density at radius 2 is 2.24 bits per heavy atom. The third-order valence-corrected chi connectivity index (χ3v) is 3.65. The van der Waals surface area contributed by atoms with Gasteiger partial charge in [0.1, 0.15) is 5.75 Å². The van der Waals surface area contributed by atoms with E-state index in [9.17, 15) is 4.79 Å². The maximum Gasteiger partial charge on any atom is 0.357 e. The molecule has 0 amide bonds. The number of benzene rings is 1. The second-order valence-corrected chi connectivity index (χ2v) is 4.90. The molecule has 0 saturated carbocycles. The molecule has 0 radical (unpaired) electrons. The van der Waals surface area contributed by atoms with Crippen molar-refractivity contribution in [1.82, 2.24) is 4.98 Å². The lowest BCUT2D eigenvalue weighted by molar-refractivity contribution is 0.0518. The van der Waals surface area contributed by atoms with Crippen LogP contribution in [0.25, 0.3) is 17.0 Å². The van der Waals surface area contributed by atoms with Crippen LogP contribution in [-0.4, -0.2) is 24.7 Å². The van der Waals surface area contributed by atoms with Crippen molar-refractivity contribution in [1.29, 1.82) is 0 Å². The number of allylic oxidation sites excluding steroid dienone is 1. The molecule has 1 aromatic carbocycles. The zero-order valence-electron chi connectivity index (χ0n) is 12.2. The number of hydrogen-bond acceptors (Lipinski definition) is 4. The number of esters is 1. The highest BCUT2D eigenvalue weighted by Gasteiger charge is 2.21. The Hall–Kier alpha value is -2.36. The van der Waals surface area contributed by atoms with E-state index in [2.05, 4.69) is 17.1 Å². The van der Waals surface area contributed by atoms with Gasteiger partial charge in [0, 0.05) is 5.39 Å². The van der Waals surface area contributed by atoms with Crippen LogP contribution in [0.1, 0.15) is 35.0 Å². The lowest BCUT2D eigenvalue weighted by atomic mass is 9.92. The Balaban J connectivity index is 2.27. The topological polar surface area (TPSA) is 48.4 Å². The molecule has 4 heteroatoms. The van der Waals surface area contributed by atoms with Crippen molar-refractivity contribution in [2.45, 2.75) is 19.8 Å². The number of methoxy groups -OCH3 is 1. The first kappa shape index (κ1) is 13.6. The smallest absolute Gasteiger partial charge is 0.357 e. The number of hydrogen-bond donors (Lipinski definition) is 0. The molecule has 4 nitrogen and oxygen atoms in total. The van der Waals surface area contributed by atoms with E-state index in [1.54, 1.807) is 14.0 Å². The molecule has 1 heterocycles. The maximum atomic E-state index is 12.1. The predicted molar refractivity (Wildman–Crippen MR) is 81.6 cm³/mol. The van der Waals surface area contributed by atoms with Gasteiger partial charge in [-0.25, -0.2) is 9.78 Å². The standard InChI is InChI=1S/C17H17NO3/c1-3-21-17(19)16-13-7-5-4-6-12(13)14-10-11(20-2)8-9-15(14)18-16/h4,6,8-10H,3,5,7H2,1-2H3. The Bertz CT molecular complexity index is 734. The molecule has 0 atom stereocenters. The van der Waals surface area contributed by atoms with Crippen LogP contribution in [0.5, 0.6) is 5.75 Å². The third-order valence-electron chi connectivity index (χ3n) is 3.65. The van der Waals surface area contributed by atoms with E-state index in [1.807, 2.05) is 18.2 Å². The van der Waals surface area contributed by atoms with Gasteiger partial charge in [0.05, 0.1) is 19.2 Å². The van der Waals surface area contributed by atoms with Gasteiger partial charge in [-0.3, -0.25) is 0 Å². The van der Waals surface area contributed by atoms with E-state index in [0.717, 1.165) is 40.6 Å². The molecule has 0 bridgehead atoms. The number of carbonyl (C=O) groups excluding carboxylic acids is 1. The Labute approximate surface area is 123 Å². The zero-order valence-corrected chi connectivity index (χ0v) is 12.2. The van der Waals surface area contributed by atoms with Gasteiger partial charge in [-0.15, -0.1) is 0 Å². The number of rotatable bonds is 3. The minimum atomic E-state index is -0.346. The fraction of sp³-hybridized carbons (Fsp3) is 0.294. The van der Waals surface area contributed by atoms with Crippen molar-refractivity contribution in [2.75, 3.05) is 13.7 Å². The van der Waals surface area contributed by atoms with Gasteiger partial charge in [0.15, 0.2) is 5.69 Å². The molecule has 0 spiro atoms. The maximum absolute atomic E-state index is 12.1. The molecule has 2 aromatic rings. The van der Waals surface area contributed by atoms with Gasteiger partial charge in [-0.05, 0) is 49.1 Å². The summed E-state index contributed by atoms with van der Waals surface area (Å²) >= 11 is 0. The molecule has 108 valence electrons. The number of fused-ring (bicyclic) bond motifs is 3. The van der Waals surface area contributed by atoms with Crippen LogP contribution < -0.4 is 4.74 Å². The van der Waals surface area contributed by atoms with Crippen LogP contribution in [0.3, 0.4) is 0 Å². The second-order valence-electron chi connectivity index (χ2n) is 4.90. The van der Waals surface area contributed by atoms with Crippen LogP contribution in [-0.2, 0) is 11.2 Å². The highest BCUT2D eigenvalue weighted by Crippen LogP contribution is 2.31. The summed E-state index contributed by atoms with van der Waals surface area (Å²) in [7, 11) is 1.64. The van der Waals surface area contributed by atoms with Crippen molar-refractivity contribution in [3.8, 4) is 5.75 Å². The van der Waals surface area contributed by atoms with E-state index >= 15 is 0 Å². The van der Waals surface area contributed by atoms with E-state index in [0.29, 0.717) is 12.3 Å². The monoisotopic (exact) mass is 283 g/mol. The van der Waals surface area contributed by atoms with Crippen molar-refractivity contribution in [2.24, 2.45) is 0 Å². The first-order valence-corrected chi connectivity index (χ1v) is 7.09. The van der Waals surface area contributed by atoms with Crippen LogP contribution in [0, 0.1) is 0 Å². The Morgan fingerprint density at radius 3 is 3.00 bits per heavy atom. The summed E-state index contributed by atoms with van der Waals surface area (Å²) in [6.45, 7) is 2.15. The van der Waals surface area contributed by atoms with E-state index in [-0.39, 0.29) is 5.97 Å². The molecule has 0 fully saturated rings. The minimum Gasteiger partial charge on any atom is -0.497 e. The van der Waals surface area contributed by atoms with Crippen molar-refractivity contribution in [3.05, 3.63) is 41.1 Å². The number of carbonyl (C=O) groups is 1. The van der Waals surface area contributed by atoms with Gasteiger partial charge in [0.2, 0.25) is 0 Å². The highest BCUT2D eigenvalue weighted by molar-refractivity contribution is 5.98. The van der Waals surface area contributed by atoms with Crippen LogP contribution in [0.2, 0.25) is 0 Å². The molecule has 0 aliphatic heterocycles. The highest BCUT2D eigenvalue weighted by atomic mass is 16.5. The molecule has 0 unspecified atom stereocenters. The molecule has 1 aromatic heterocycles. The summed E-state index contributed by atoms with van der Waals surface area (Å²) in [5, 5.41) is 1.01. The third kappa shape index (κ3) is 2.37.